The van der Waals surface area contributed by atoms with Gasteiger partial charge in [0, 0.05) is 0 Å². The van der Waals surface area contributed by atoms with Crippen LogP contribution in [0, 0.1) is 0 Å². The SMILES string of the molecule is CCCCCCCCCCCCCC.CCCCCCCCCCCCc1ccc(CS(=O)(=O)O)cc1.O=S(=O)(O)O. The molecular formula is C33H64O7S2. The summed E-state index contributed by atoms with van der Waals surface area (Å²) in [5, 5.41) is 0. The van der Waals surface area contributed by atoms with E-state index in [1.807, 2.05) is 12.1 Å². The minimum Gasteiger partial charge on any atom is -0.285 e. The van der Waals surface area contributed by atoms with Gasteiger partial charge in [-0.25, -0.2) is 0 Å². The number of hydrogen-bond acceptors (Lipinski definition) is 4. The Morgan fingerprint density at radius 3 is 0.929 bits per heavy atom. The summed E-state index contributed by atoms with van der Waals surface area (Å²) in [6.45, 7) is 6.82. The molecule has 0 fully saturated rings. The lowest BCUT2D eigenvalue weighted by atomic mass is 10.0. The molecule has 0 aliphatic heterocycles. The molecule has 250 valence electrons. The van der Waals surface area contributed by atoms with E-state index >= 15 is 0 Å². The summed E-state index contributed by atoms with van der Waals surface area (Å²) < 4.78 is 62.0. The van der Waals surface area contributed by atoms with Gasteiger partial charge in [0.1, 0.15) is 5.75 Å². The van der Waals surface area contributed by atoms with Crippen molar-refractivity contribution in [3.8, 4) is 0 Å². The average Bonchev–Trinajstić information content (AvgIpc) is 2.90. The Balaban J connectivity index is 0. The van der Waals surface area contributed by atoms with Crippen molar-refractivity contribution in [3.05, 3.63) is 35.4 Å². The summed E-state index contributed by atoms with van der Waals surface area (Å²) in [6.07, 6.45) is 31.8. The first-order valence-electron chi connectivity index (χ1n) is 16.7. The quantitative estimate of drug-likeness (QED) is 0.0760. The Labute approximate surface area is 260 Å². The molecule has 0 saturated heterocycles. The van der Waals surface area contributed by atoms with Crippen LogP contribution in [0.15, 0.2) is 24.3 Å². The standard InChI is InChI=1S/C19H32O3S.C14H30.H2O4S/c1-2-3-4-5-6-7-8-9-10-11-12-18-13-15-19(16-14-18)17-23(20,21)22;1-3-5-7-9-11-13-14-12-10-8-6-4-2;1-5(2,3)4/h13-16H,2-12,17H2,1H3,(H,20,21,22);3-14H2,1-2H3;(H2,1,2,3,4). The van der Waals surface area contributed by atoms with Crippen molar-refractivity contribution >= 4 is 20.5 Å². The normalized spacial score (nSPS) is 11.4. The van der Waals surface area contributed by atoms with Crippen molar-refractivity contribution in [2.75, 3.05) is 0 Å². The van der Waals surface area contributed by atoms with Crippen LogP contribution in [-0.4, -0.2) is 30.5 Å². The first-order chi connectivity index (χ1) is 19.9. The summed E-state index contributed by atoms with van der Waals surface area (Å²) in [7, 11) is -8.59. The Morgan fingerprint density at radius 2 is 0.667 bits per heavy atom. The van der Waals surface area contributed by atoms with Crippen LogP contribution in [0.5, 0.6) is 0 Å². The number of rotatable bonds is 24. The summed E-state index contributed by atoms with van der Waals surface area (Å²) in [5.74, 6) is -0.300. The van der Waals surface area contributed by atoms with Gasteiger partial charge in [0.15, 0.2) is 0 Å². The van der Waals surface area contributed by atoms with Gasteiger partial charge in [-0.05, 0) is 24.0 Å². The van der Waals surface area contributed by atoms with Gasteiger partial charge in [-0.3, -0.25) is 13.7 Å². The van der Waals surface area contributed by atoms with Gasteiger partial charge in [-0.2, -0.15) is 16.8 Å². The first kappa shape index (κ1) is 43.1. The molecule has 3 N–H and O–H groups in total. The zero-order valence-corrected chi connectivity index (χ0v) is 28.7. The fourth-order valence-corrected chi connectivity index (χ4v) is 5.36. The molecule has 0 radical (unpaired) electrons. The Kier molecular flexibility index (Phi) is 30.9. The van der Waals surface area contributed by atoms with E-state index in [-0.39, 0.29) is 5.75 Å². The van der Waals surface area contributed by atoms with Crippen LogP contribution in [0.25, 0.3) is 0 Å². The maximum Gasteiger partial charge on any atom is 0.394 e. The van der Waals surface area contributed by atoms with E-state index in [9.17, 15) is 8.42 Å². The second-order valence-corrected chi connectivity index (χ2v) is 13.8. The maximum atomic E-state index is 10.8. The molecule has 0 aromatic heterocycles. The lowest BCUT2D eigenvalue weighted by Gasteiger charge is -2.04. The molecule has 0 aliphatic carbocycles. The highest BCUT2D eigenvalue weighted by molar-refractivity contribution is 7.85. The molecule has 0 heterocycles. The highest BCUT2D eigenvalue weighted by Crippen LogP contribution is 2.14. The van der Waals surface area contributed by atoms with Gasteiger partial charge in [-0.1, -0.05) is 180 Å². The van der Waals surface area contributed by atoms with Crippen molar-refractivity contribution < 1.29 is 30.5 Å². The average molecular weight is 637 g/mol. The van der Waals surface area contributed by atoms with E-state index in [2.05, 4.69) is 20.8 Å². The highest BCUT2D eigenvalue weighted by Gasteiger charge is 2.06. The van der Waals surface area contributed by atoms with Crippen molar-refractivity contribution in [2.45, 2.75) is 174 Å². The molecule has 0 unspecified atom stereocenters. The number of benzene rings is 1. The predicted molar refractivity (Wildman–Crippen MR) is 178 cm³/mol. The third kappa shape index (κ3) is 41.1. The number of hydrogen-bond donors (Lipinski definition) is 3. The van der Waals surface area contributed by atoms with E-state index < -0.39 is 20.5 Å². The van der Waals surface area contributed by atoms with E-state index in [1.54, 1.807) is 12.1 Å². The molecule has 0 amide bonds. The van der Waals surface area contributed by atoms with E-state index in [1.165, 1.54) is 147 Å². The number of unbranched alkanes of at least 4 members (excludes halogenated alkanes) is 20. The van der Waals surface area contributed by atoms with Crippen LogP contribution in [0.3, 0.4) is 0 Å². The van der Waals surface area contributed by atoms with Gasteiger partial charge in [0.2, 0.25) is 0 Å². The van der Waals surface area contributed by atoms with Crippen LogP contribution < -0.4 is 0 Å². The fourth-order valence-electron chi connectivity index (χ4n) is 4.74. The third-order valence-corrected chi connectivity index (χ3v) is 7.85. The van der Waals surface area contributed by atoms with Crippen LogP contribution in [0.1, 0.15) is 173 Å². The predicted octanol–water partition coefficient (Wildman–Crippen LogP) is 10.6. The molecule has 1 rings (SSSR count). The molecule has 1 aromatic carbocycles. The number of aryl methyl sites for hydroxylation is 1. The molecule has 7 nitrogen and oxygen atoms in total. The molecule has 9 heteroatoms. The Bertz CT molecular complexity index is 879. The van der Waals surface area contributed by atoms with Gasteiger partial charge < -0.3 is 0 Å². The van der Waals surface area contributed by atoms with E-state index in [0.717, 1.165) is 6.42 Å². The summed E-state index contributed by atoms with van der Waals surface area (Å²) >= 11 is 0. The second-order valence-electron chi connectivity index (χ2n) is 11.5. The summed E-state index contributed by atoms with van der Waals surface area (Å²) in [6, 6.07) is 7.52. The molecule has 0 atom stereocenters. The smallest absolute Gasteiger partial charge is 0.285 e. The largest absolute Gasteiger partial charge is 0.394 e. The third-order valence-electron chi connectivity index (χ3n) is 7.15. The van der Waals surface area contributed by atoms with Gasteiger partial charge >= 0.3 is 10.4 Å². The molecular weight excluding hydrogens is 572 g/mol. The molecule has 1 aromatic rings. The maximum absolute atomic E-state index is 10.8. The summed E-state index contributed by atoms with van der Waals surface area (Å²) in [5.41, 5.74) is 1.88. The Morgan fingerprint density at radius 1 is 0.429 bits per heavy atom. The lowest BCUT2D eigenvalue weighted by molar-refractivity contribution is 0.381. The second kappa shape index (κ2) is 30.0. The van der Waals surface area contributed by atoms with Crippen LogP contribution >= 0.6 is 0 Å². The monoisotopic (exact) mass is 636 g/mol. The fraction of sp³-hybridized carbons (Fsp3) is 0.818. The highest BCUT2D eigenvalue weighted by atomic mass is 32.3. The van der Waals surface area contributed by atoms with Crippen molar-refractivity contribution in [1.29, 1.82) is 0 Å². The minimum absolute atomic E-state index is 0.300. The van der Waals surface area contributed by atoms with Gasteiger partial charge in [0.05, 0.1) is 0 Å². The Hall–Kier alpha value is -1.00. The van der Waals surface area contributed by atoms with Crippen molar-refractivity contribution in [1.82, 2.24) is 0 Å². The van der Waals surface area contributed by atoms with Gasteiger partial charge in [-0.15, -0.1) is 0 Å². The van der Waals surface area contributed by atoms with Crippen LogP contribution in [-0.2, 0) is 32.7 Å². The molecule has 42 heavy (non-hydrogen) atoms. The van der Waals surface area contributed by atoms with Gasteiger partial charge in [0.25, 0.3) is 10.1 Å². The molecule has 0 bridgehead atoms. The van der Waals surface area contributed by atoms with Crippen LogP contribution in [0.4, 0.5) is 0 Å². The zero-order valence-electron chi connectivity index (χ0n) is 27.1. The van der Waals surface area contributed by atoms with Crippen molar-refractivity contribution in [2.24, 2.45) is 0 Å². The molecule has 0 spiro atoms. The first-order valence-corrected chi connectivity index (χ1v) is 19.7. The molecule has 0 aliphatic rings. The topological polar surface area (TPSA) is 129 Å². The molecule has 0 saturated carbocycles. The van der Waals surface area contributed by atoms with Crippen molar-refractivity contribution in [3.63, 3.8) is 0 Å². The zero-order chi connectivity index (χ0) is 32.0. The minimum atomic E-state index is -4.67. The van der Waals surface area contributed by atoms with Crippen LogP contribution in [0.2, 0.25) is 0 Å². The van der Waals surface area contributed by atoms with E-state index in [0.29, 0.717) is 5.56 Å². The lowest BCUT2D eigenvalue weighted by Crippen LogP contribution is -2.01. The summed E-state index contributed by atoms with van der Waals surface area (Å²) in [4.78, 5) is 0. The van der Waals surface area contributed by atoms with E-state index in [4.69, 9.17) is 22.1 Å².